The molecule has 0 aromatic carbocycles. The Morgan fingerprint density at radius 3 is 2.08 bits per heavy atom. The van der Waals surface area contributed by atoms with E-state index in [0.717, 1.165) is 24.2 Å². The number of unbranched alkanes of at least 4 members (excludes halogenated alkanes) is 1. The van der Waals surface area contributed by atoms with Gasteiger partial charge in [-0.2, -0.15) is 0 Å². The van der Waals surface area contributed by atoms with Crippen LogP contribution in [-0.4, -0.2) is 44.4 Å². The number of hydrogen-bond donors (Lipinski definition) is 0. The second-order valence-corrected chi connectivity index (χ2v) is 3.94. The highest BCUT2D eigenvalue weighted by Crippen LogP contribution is 2.00. The van der Waals surface area contributed by atoms with Crippen LogP contribution in [0.15, 0.2) is 0 Å². The first-order valence-corrected chi connectivity index (χ1v) is 5.59. The second kappa shape index (κ2) is 7.34. The molecule has 80 valence electrons. The maximum absolute atomic E-state index is 5.56. The van der Waals surface area contributed by atoms with Crippen LogP contribution in [0.2, 0.25) is 0 Å². The van der Waals surface area contributed by atoms with E-state index in [-0.39, 0.29) is 0 Å². The van der Waals surface area contributed by atoms with Gasteiger partial charge in [0, 0.05) is 6.61 Å². The molecule has 0 atom stereocenters. The molecule has 2 heteroatoms. The largest absolute Gasteiger partial charge is 0.376 e. The molecule has 0 rings (SSSR count). The Morgan fingerprint density at radius 1 is 1.00 bits per heavy atom. The molecule has 13 heavy (non-hydrogen) atoms. The van der Waals surface area contributed by atoms with Gasteiger partial charge in [-0.3, -0.25) is 0 Å². The van der Waals surface area contributed by atoms with E-state index in [2.05, 4.69) is 27.8 Å². The van der Waals surface area contributed by atoms with Crippen molar-refractivity contribution in [3.63, 3.8) is 0 Å². The fourth-order valence-electron chi connectivity index (χ4n) is 1.17. The van der Waals surface area contributed by atoms with E-state index in [0.29, 0.717) is 0 Å². The zero-order chi connectivity index (χ0) is 10.2. The molecule has 2 nitrogen and oxygen atoms in total. The van der Waals surface area contributed by atoms with Gasteiger partial charge < -0.3 is 9.22 Å². The minimum Gasteiger partial charge on any atom is -0.376 e. The molecule has 0 saturated carbocycles. The molecule has 0 unspecified atom stereocenters. The fraction of sp³-hybridized carbons (Fsp3) is 1.00. The summed E-state index contributed by atoms with van der Waals surface area (Å²) < 4.78 is 6.69. The van der Waals surface area contributed by atoms with E-state index < -0.39 is 0 Å². The fourth-order valence-corrected chi connectivity index (χ4v) is 1.17. The molecule has 0 aliphatic heterocycles. The van der Waals surface area contributed by atoms with Crippen LogP contribution in [0.25, 0.3) is 0 Å². The third kappa shape index (κ3) is 6.05. The Labute approximate surface area is 83.5 Å². The third-order valence-corrected chi connectivity index (χ3v) is 2.94. The average molecular weight is 188 g/mol. The predicted molar refractivity (Wildman–Crippen MR) is 57.9 cm³/mol. The van der Waals surface area contributed by atoms with Gasteiger partial charge in [0.15, 0.2) is 0 Å². The Bertz CT molecular complexity index is 111. The van der Waals surface area contributed by atoms with Crippen molar-refractivity contribution >= 4 is 0 Å². The Kier molecular flexibility index (Phi) is 7.29. The van der Waals surface area contributed by atoms with Crippen LogP contribution in [0, 0.1) is 0 Å². The summed E-state index contributed by atoms with van der Waals surface area (Å²) in [5.74, 6) is 0. The van der Waals surface area contributed by atoms with Crippen molar-refractivity contribution in [2.75, 3.05) is 39.9 Å². The van der Waals surface area contributed by atoms with Gasteiger partial charge in [0.1, 0.15) is 6.54 Å². The molecular weight excluding hydrogens is 162 g/mol. The summed E-state index contributed by atoms with van der Waals surface area (Å²) in [6.07, 6.45) is 2.43. The normalized spacial score (nSPS) is 12.0. The van der Waals surface area contributed by atoms with Crippen molar-refractivity contribution in [1.82, 2.24) is 0 Å². The van der Waals surface area contributed by atoms with Crippen LogP contribution in [-0.2, 0) is 4.74 Å². The van der Waals surface area contributed by atoms with Crippen molar-refractivity contribution in [1.29, 1.82) is 0 Å². The van der Waals surface area contributed by atoms with E-state index in [1.165, 1.54) is 25.9 Å². The van der Waals surface area contributed by atoms with E-state index in [4.69, 9.17) is 4.74 Å². The molecule has 0 spiro atoms. The molecule has 0 aromatic rings. The molecule has 0 N–H and O–H groups in total. The van der Waals surface area contributed by atoms with E-state index >= 15 is 0 Å². The zero-order valence-corrected chi connectivity index (χ0v) is 9.81. The van der Waals surface area contributed by atoms with E-state index in [1.54, 1.807) is 0 Å². The number of quaternary nitrogens is 1. The average Bonchev–Trinajstić information content (AvgIpc) is 2.17. The number of ether oxygens (including phenoxy) is 1. The molecule has 0 radical (unpaired) electrons. The van der Waals surface area contributed by atoms with Gasteiger partial charge in [0.2, 0.25) is 0 Å². The molecule has 0 fully saturated rings. The number of rotatable bonds is 8. The summed E-state index contributed by atoms with van der Waals surface area (Å²) >= 11 is 0. The Hall–Kier alpha value is -0.0800. The van der Waals surface area contributed by atoms with Crippen LogP contribution in [0.4, 0.5) is 0 Å². The lowest BCUT2D eigenvalue weighted by Gasteiger charge is -2.31. The summed E-state index contributed by atoms with van der Waals surface area (Å²) in [7, 11) is 2.29. The van der Waals surface area contributed by atoms with E-state index in [1.807, 2.05) is 0 Å². The summed E-state index contributed by atoms with van der Waals surface area (Å²) in [4.78, 5) is 0. The van der Waals surface area contributed by atoms with Crippen molar-refractivity contribution in [3.05, 3.63) is 0 Å². The predicted octanol–water partition coefficient (Wildman–Crippen LogP) is 2.29. The monoisotopic (exact) mass is 188 g/mol. The van der Waals surface area contributed by atoms with E-state index in [9.17, 15) is 0 Å². The first-order valence-electron chi connectivity index (χ1n) is 5.59. The van der Waals surface area contributed by atoms with Crippen LogP contribution < -0.4 is 0 Å². The minimum absolute atomic E-state index is 0.915. The highest BCUT2D eigenvalue weighted by molar-refractivity contribution is 4.36. The first-order chi connectivity index (χ1) is 6.18. The quantitative estimate of drug-likeness (QED) is 0.419. The standard InChI is InChI=1S/C11H26NO/c1-5-8-10-13-11-9-12(4,6-2)7-3/h5-11H2,1-4H3/q+1. The molecule has 0 aromatic heterocycles. The summed E-state index contributed by atoms with van der Waals surface area (Å²) in [6, 6.07) is 0. The van der Waals surface area contributed by atoms with Crippen molar-refractivity contribution in [2.45, 2.75) is 33.6 Å². The lowest BCUT2D eigenvalue weighted by Crippen LogP contribution is -2.45. The molecule has 0 saturated heterocycles. The SMILES string of the molecule is CCCCOCC[N+](C)(CC)CC. The summed E-state index contributed by atoms with van der Waals surface area (Å²) in [6.45, 7) is 12.1. The lowest BCUT2D eigenvalue weighted by molar-refractivity contribution is -0.906. The highest BCUT2D eigenvalue weighted by Gasteiger charge is 2.14. The van der Waals surface area contributed by atoms with Crippen molar-refractivity contribution < 1.29 is 9.22 Å². The minimum atomic E-state index is 0.915. The van der Waals surface area contributed by atoms with Crippen LogP contribution in [0.1, 0.15) is 33.6 Å². The van der Waals surface area contributed by atoms with Crippen molar-refractivity contribution in [2.24, 2.45) is 0 Å². The van der Waals surface area contributed by atoms with Gasteiger partial charge in [0.05, 0.1) is 26.7 Å². The van der Waals surface area contributed by atoms with Crippen LogP contribution in [0.3, 0.4) is 0 Å². The van der Waals surface area contributed by atoms with Gasteiger partial charge in [-0.05, 0) is 20.3 Å². The van der Waals surface area contributed by atoms with Gasteiger partial charge in [0.25, 0.3) is 0 Å². The number of likely N-dealkylation sites (N-methyl/N-ethyl adjacent to an activating group) is 1. The molecular formula is C11H26NO+. The Morgan fingerprint density at radius 2 is 1.62 bits per heavy atom. The molecule has 0 aliphatic carbocycles. The van der Waals surface area contributed by atoms with Crippen LogP contribution in [0.5, 0.6) is 0 Å². The smallest absolute Gasteiger partial charge is 0.102 e. The third-order valence-electron chi connectivity index (χ3n) is 2.94. The molecule has 0 aliphatic rings. The summed E-state index contributed by atoms with van der Waals surface area (Å²) in [5.41, 5.74) is 0. The molecule has 0 bridgehead atoms. The van der Waals surface area contributed by atoms with Gasteiger partial charge in [-0.1, -0.05) is 13.3 Å². The van der Waals surface area contributed by atoms with Crippen molar-refractivity contribution in [3.8, 4) is 0 Å². The first kappa shape index (κ1) is 12.9. The number of hydrogen-bond acceptors (Lipinski definition) is 1. The van der Waals surface area contributed by atoms with Gasteiger partial charge in [-0.25, -0.2) is 0 Å². The number of nitrogens with zero attached hydrogens (tertiary/aromatic N) is 1. The molecule has 0 amide bonds. The summed E-state index contributed by atoms with van der Waals surface area (Å²) in [5, 5.41) is 0. The van der Waals surface area contributed by atoms with Gasteiger partial charge in [-0.15, -0.1) is 0 Å². The maximum atomic E-state index is 5.56. The second-order valence-electron chi connectivity index (χ2n) is 3.94. The lowest BCUT2D eigenvalue weighted by atomic mass is 10.3. The highest BCUT2D eigenvalue weighted by atomic mass is 16.5. The Balaban J connectivity index is 3.39. The molecule has 0 heterocycles. The topological polar surface area (TPSA) is 9.23 Å². The maximum Gasteiger partial charge on any atom is 0.102 e. The van der Waals surface area contributed by atoms with Crippen LogP contribution >= 0.6 is 0 Å². The zero-order valence-electron chi connectivity index (χ0n) is 9.81. The van der Waals surface area contributed by atoms with Gasteiger partial charge >= 0.3 is 0 Å².